The molecule has 0 spiro atoms. The molecular weight excluding hydrogens is 467 g/mol. The lowest BCUT2D eigenvalue weighted by Crippen LogP contribution is -2.40. The number of rotatable bonds is 8. The number of benzene rings is 1. The standard InChI is InChI=1S/C21H34N4O2.HI/c1-4-22-20(26)19-8-6-7-18(15-19)16-24-21(23-5-2)25(3)12-9-17-10-13-27-14-11-17;/h6-8,15,17H,4-5,9-14,16H2,1-3H3,(H,22,26)(H,23,24);1H. The van der Waals surface area contributed by atoms with Crippen LogP contribution in [0.1, 0.15) is 49.0 Å². The quantitative estimate of drug-likeness (QED) is 0.326. The number of halogens is 1. The van der Waals surface area contributed by atoms with Crippen LogP contribution in [-0.2, 0) is 11.3 Å². The summed E-state index contributed by atoms with van der Waals surface area (Å²) in [4.78, 5) is 19.0. The van der Waals surface area contributed by atoms with E-state index in [1.807, 2.05) is 31.2 Å². The van der Waals surface area contributed by atoms with Crippen LogP contribution in [0.2, 0.25) is 0 Å². The lowest BCUT2D eigenvalue weighted by Gasteiger charge is -2.26. The van der Waals surface area contributed by atoms with Gasteiger partial charge in [0.25, 0.3) is 5.91 Å². The molecule has 1 aliphatic rings. The summed E-state index contributed by atoms with van der Waals surface area (Å²) in [6.45, 7) is 8.78. The summed E-state index contributed by atoms with van der Waals surface area (Å²) in [5.41, 5.74) is 1.72. The third kappa shape index (κ3) is 8.34. The minimum absolute atomic E-state index is 0. The fourth-order valence-electron chi connectivity index (χ4n) is 3.23. The number of hydrogen-bond acceptors (Lipinski definition) is 3. The molecule has 0 aliphatic carbocycles. The summed E-state index contributed by atoms with van der Waals surface area (Å²) >= 11 is 0. The summed E-state index contributed by atoms with van der Waals surface area (Å²) in [6, 6.07) is 7.68. The molecule has 1 heterocycles. The van der Waals surface area contributed by atoms with E-state index in [0.717, 1.165) is 63.0 Å². The second-order valence-electron chi connectivity index (χ2n) is 7.00. The molecule has 0 saturated carbocycles. The molecule has 1 aromatic rings. The Morgan fingerprint density at radius 3 is 2.61 bits per heavy atom. The van der Waals surface area contributed by atoms with Crippen LogP contribution in [0.25, 0.3) is 0 Å². The van der Waals surface area contributed by atoms with E-state index in [4.69, 9.17) is 9.73 Å². The molecule has 7 heteroatoms. The van der Waals surface area contributed by atoms with Crippen LogP contribution in [0.15, 0.2) is 29.3 Å². The van der Waals surface area contributed by atoms with E-state index < -0.39 is 0 Å². The summed E-state index contributed by atoms with van der Waals surface area (Å²) in [7, 11) is 2.09. The first kappa shape index (κ1) is 24.7. The van der Waals surface area contributed by atoms with E-state index in [2.05, 4.69) is 29.5 Å². The predicted octanol–water partition coefficient (Wildman–Crippen LogP) is 3.27. The van der Waals surface area contributed by atoms with Crippen LogP contribution in [0.3, 0.4) is 0 Å². The fourth-order valence-corrected chi connectivity index (χ4v) is 3.23. The Kier molecular flexibility index (Phi) is 12.1. The van der Waals surface area contributed by atoms with E-state index in [9.17, 15) is 4.79 Å². The molecular formula is C21H35IN4O2. The Morgan fingerprint density at radius 2 is 1.93 bits per heavy atom. The van der Waals surface area contributed by atoms with Gasteiger partial charge in [-0.15, -0.1) is 24.0 Å². The van der Waals surface area contributed by atoms with Crippen molar-refractivity contribution in [2.45, 2.75) is 39.7 Å². The number of carbonyl (C=O) groups excluding carboxylic acids is 1. The van der Waals surface area contributed by atoms with Crippen molar-refractivity contribution in [1.29, 1.82) is 0 Å². The van der Waals surface area contributed by atoms with Gasteiger partial charge in [0.15, 0.2) is 5.96 Å². The maximum Gasteiger partial charge on any atom is 0.251 e. The highest BCUT2D eigenvalue weighted by Crippen LogP contribution is 2.18. The largest absolute Gasteiger partial charge is 0.381 e. The van der Waals surface area contributed by atoms with Gasteiger partial charge in [0.05, 0.1) is 6.54 Å². The Labute approximate surface area is 186 Å². The maximum atomic E-state index is 12.0. The zero-order chi connectivity index (χ0) is 19.5. The zero-order valence-corrected chi connectivity index (χ0v) is 19.7. The van der Waals surface area contributed by atoms with Gasteiger partial charge in [-0.25, -0.2) is 4.99 Å². The van der Waals surface area contributed by atoms with Crippen molar-refractivity contribution in [3.63, 3.8) is 0 Å². The molecule has 1 saturated heterocycles. The number of nitrogens with one attached hydrogen (secondary N) is 2. The van der Waals surface area contributed by atoms with E-state index in [0.29, 0.717) is 18.7 Å². The third-order valence-electron chi connectivity index (χ3n) is 4.85. The van der Waals surface area contributed by atoms with Gasteiger partial charge in [-0.05, 0) is 56.7 Å². The first-order valence-electron chi connectivity index (χ1n) is 10.1. The van der Waals surface area contributed by atoms with Crippen LogP contribution in [0.4, 0.5) is 0 Å². The molecule has 158 valence electrons. The van der Waals surface area contributed by atoms with Gasteiger partial charge in [-0.1, -0.05) is 12.1 Å². The van der Waals surface area contributed by atoms with Gasteiger partial charge in [-0.2, -0.15) is 0 Å². The molecule has 1 amide bonds. The lowest BCUT2D eigenvalue weighted by atomic mass is 9.96. The van der Waals surface area contributed by atoms with Crippen LogP contribution in [-0.4, -0.2) is 56.7 Å². The van der Waals surface area contributed by atoms with E-state index >= 15 is 0 Å². The number of guanidine groups is 1. The van der Waals surface area contributed by atoms with Crippen molar-refractivity contribution < 1.29 is 9.53 Å². The lowest BCUT2D eigenvalue weighted by molar-refractivity contribution is 0.0625. The molecule has 1 aliphatic heterocycles. The number of nitrogens with zero attached hydrogens (tertiary/aromatic N) is 2. The highest BCUT2D eigenvalue weighted by molar-refractivity contribution is 14.0. The number of ether oxygens (including phenoxy) is 1. The predicted molar refractivity (Wildman–Crippen MR) is 125 cm³/mol. The SMILES string of the molecule is CCNC(=O)c1cccc(CN=C(NCC)N(C)CCC2CCOCC2)c1.I. The molecule has 1 fully saturated rings. The second-order valence-corrected chi connectivity index (χ2v) is 7.00. The Morgan fingerprint density at radius 1 is 1.21 bits per heavy atom. The molecule has 2 N–H and O–H groups in total. The minimum Gasteiger partial charge on any atom is -0.381 e. The topological polar surface area (TPSA) is 66.0 Å². The molecule has 0 atom stereocenters. The summed E-state index contributed by atoms with van der Waals surface area (Å²) < 4.78 is 5.44. The van der Waals surface area contributed by atoms with Crippen molar-refractivity contribution >= 4 is 35.8 Å². The summed E-state index contributed by atoms with van der Waals surface area (Å²) in [5.74, 6) is 1.62. The van der Waals surface area contributed by atoms with Crippen molar-refractivity contribution in [1.82, 2.24) is 15.5 Å². The molecule has 1 aromatic carbocycles. The summed E-state index contributed by atoms with van der Waals surface area (Å²) in [6.07, 6.45) is 3.49. The molecule has 0 bridgehead atoms. The highest BCUT2D eigenvalue weighted by atomic mass is 127. The van der Waals surface area contributed by atoms with Gasteiger partial charge in [0.1, 0.15) is 0 Å². The number of amides is 1. The van der Waals surface area contributed by atoms with Gasteiger partial charge in [-0.3, -0.25) is 4.79 Å². The Balaban J connectivity index is 0.00000392. The summed E-state index contributed by atoms with van der Waals surface area (Å²) in [5, 5.41) is 6.21. The van der Waals surface area contributed by atoms with Gasteiger partial charge in [0.2, 0.25) is 0 Å². The third-order valence-corrected chi connectivity index (χ3v) is 4.85. The average Bonchev–Trinajstić information content (AvgIpc) is 2.70. The smallest absolute Gasteiger partial charge is 0.251 e. The first-order valence-corrected chi connectivity index (χ1v) is 10.1. The first-order chi connectivity index (χ1) is 13.1. The van der Waals surface area contributed by atoms with Crippen molar-refractivity contribution in [2.75, 3.05) is 39.9 Å². The molecule has 28 heavy (non-hydrogen) atoms. The second kappa shape index (κ2) is 13.8. The molecule has 2 rings (SSSR count). The maximum absolute atomic E-state index is 12.0. The Hall–Kier alpha value is -1.35. The van der Waals surface area contributed by atoms with Gasteiger partial charge >= 0.3 is 0 Å². The molecule has 0 aromatic heterocycles. The van der Waals surface area contributed by atoms with Crippen molar-refractivity contribution in [3.05, 3.63) is 35.4 Å². The average molecular weight is 502 g/mol. The monoisotopic (exact) mass is 502 g/mol. The zero-order valence-electron chi connectivity index (χ0n) is 17.4. The fraction of sp³-hybridized carbons (Fsp3) is 0.619. The molecule has 0 radical (unpaired) electrons. The number of aliphatic imine (C=N–C) groups is 1. The normalized spacial score (nSPS) is 14.9. The van der Waals surface area contributed by atoms with E-state index in [-0.39, 0.29) is 29.9 Å². The molecule has 6 nitrogen and oxygen atoms in total. The van der Waals surface area contributed by atoms with Crippen LogP contribution in [0, 0.1) is 5.92 Å². The Bertz CT molecular complexity index is 618. The van der Waals surface area contributed by atoms with Crippen molar-refractivity contribution in [3.8, 4) is 0 Å². The van der Waals surface area contributed by atoms with E-state index in [1.54, 1.807) is 0 Å². The number of carbonyl (C=O) groups is 1. The van der Waals surface area contributed by atoms with Crippen molar-refractivity contribution in [2.24, 2.45) is 10.9 Å². The van der Waals surface area contributed by atoms with Crippen LogP contribution in [0.5, 0.6) is 0 Å². The van der Waals surface area contributed by atoms with E-state index in [1.165, 1.54) is 0 Å². The number of hydrogen-bond donors (Lipinski definition) is 2. The van der Waals surface area contributed by atoms with Gasteiger partial charge < -0.3 is 20.3 Å². The minimum atomic E-state index is -0.0381. The van der Waals surface area contributed by atoms with Gasteiger partial charge in [0, 0.05) is 45.5 Å². The van der Waals surface area contributed by atoms with Crippen LogP contribution >= 0.6 is 24.0 Å². The molecule has 0 unspecified atom stereocenters. The highest BCUT2D eigenvalue weighted by Gasteiger charge is 2.15. The van der Waals surface area contributed by atoms with Crippen LogP contribution < -0.4 is 10.6 Å².